The maximum Gasteiger partial charge on any atom is 0.239 e. The molecule has 5 nitrogen and oxygen atoms in total. The molecule has 1 aromatic heterocycles. The Kier molecular flexibility index (Phi) is 4.40. The highest BCUT2D eigenvalue weighted by Gasteiger charge is 2.31. The lowest BCUT2D eigenvalue weighted by atomic mass is 10.1. The van der Waals surface area contributed by atoms with Crippen LogP contribution in [0, 0.1) is 5.92 Å². The summed E-state index contributed by atoms with van der Waals surface area (Å²) >= 11 is 1.24. The monoisotopic (exact) mass is 318 g/mol. The lowest BCUT2D eigenvalue weighted by Gasteiger charge is -2.39. The molecule has 0 bridgehead atoms. The van der Waals surface area contributed by atoms with Gasteiger partial charge in [0.25, 0.3) is 0 Å². The Bertz CT molecular complexity index is 669. The van der Waals surface area contributed by atoms with Crippen LogP contribution in [-0.2, 0) is 11.3 Å². The van der Waals surface area contributed by atoms with Crippen molar-refractivity contribution in [1.82, 2.24) is 18.5 Å². The minimum atomic E-state index is -0.0586. The standard InChI is InChI=1S/C16H22N4OS/c1-11(2)9-20-7-6-19(12(3)16(20)21)10-13-4-5-14-15(8-13)18-22-17-14/h4-5,8,11-12H,6-7,9-10H2,1-3H3/t12-/m1/s1. The number of benzene rings is 1. The fraction of sp³-hybridized carbons (Fsp3) is 0.562. The Hall–Kier alpha value is -1.53. The molecule has 1 amide bonds. The largest absolute Gasteiger partial charge is 0.340 e. The Morgan fingerprint density at radius 2 is 2.05 bits per heavy atom. The van der Waals surface area contributed by atoms with E-state index in [4.69, 9.17) is 0 Å². The fourth-order valence-corrected chi connectivity index (χ4v) is 3.49. The summed E-state index contributed by atoms with van der Waals surface area (Å²) in [7, 11) is 0. The van der Waals surface area contributed by atoms with E-state index >= 15 is 0 Å². The van der Waals surface area contributed by atoms with Crippen molar-refractivity contribution in [2.24, 2.45) is 5.92 Å². The maximum atomic E-state index is 12.5. The number of nitrogens with zero attached hydrogens (tertiary/aromatic N) is 4. The van der Waals surface area contributed by atoms with Gasteiger partial charge >= 0.3 is 0 Å². The summed E-state index contributed by atoms with van der Waals surface area (Å²) in [5.74, 6) is 0.763. The predicted molar refractivity (Wildman–Crippen MR) is 88.7 cm³/mol. The number of piperazine rings is 1. The SMILES string of the molecule is CC(C)CN1CCN(Cc2ccc3nsnc3c2)[C@H](C)C1=O. The van der Waals surface area contributed by atoms with E-state index in [9.17, 15) is 4.79 Å². The van der Waals surface area contributed by atoms with Crippen LogP contribution in [0.15, 0.2) is 18.2 Å². The Morgan fingerprint density at radius 1 is 1.27 bits per heavy atom. The number of hydrogen-bond acceptors (Lipinski definition) is 5. The van der Waals surface area contributed by atoms with Crippen LogP contribution >= 0.6 is 11.7 Å². The van der Waals surface area contributed by atoms with Crippen LogP contribution in [0.4, 0.5) is 0 Å². The van der Waals surface area contributed by atoms with Crippen LogP contribution in [-0.4, -0.2) is 50.1 Å². The zero-order valence-corrected chi connectivity index (χ0v) is 14.1. The highest BCUT2D eigenvalue weighted by Crippen LogP contribution is 2.19. The third-order valence-electron chi connectivity index (χ3n) is 4.16. The van der Waals surface area contributed by atoms with E-state index in [0.29, 0.717) is 5.92 Å². The topological polar surface area (TPSA) is 49.3 Å². The molecule has 1 aliphatic heterocycles. The number of fused-ring (bicyclic) bond motifs is 1. The third kappa shape index (κ3) is 3.13. The highest BCUT2D eigenvalue weighted by atomic mass is 32.1. The Labute approximate surface area is 135 Å². The smallest absolute Gasteiger partial charge is 0.239 e. The second-order valence-electron chi connectivity index (χ2n) is 6.41. The van der Waals surface area contributed by atoms with Crippen molar-refractivity contribution in [2.45, 2.75) is 33.4 Å². The minimum Gasteiger partial charge on any atom is -0.340 e. The van der Waals surface area contributed by atoms with Crippen molar-refractivity contribution in [3.05, 3.63) is 23.8 Å². The van der Waals surface area contributed by atoms with Crippen molar-refractivity contribution in [3.63, 3.8) is 0 Å². The number of rotatable bonds is 4. The molecular weight excluding hydrogens is 296 g/mol. The molecule has 0 radical (unpaired) electrons. The number of carbonyl (C=O) groups is 1. The Morgan fingerprint density at radius 3 is 2.82 bits per heavy atom. The van der Waals surface area contributed by atoms with Gasteiger partial charge in [-0.1, -0.05) is 19.9 Å². The van der Waals surface area contributed by atoms with Crippen LogP contribution in [0.1, 0.15) is 26.3 Å². The first-order valence-electron chi connectivity index (χ1n) is 7.78. The van der Waals surface area contributed by atoms with E-state index in [2.05, 4.69) is 39.6 Å². The predicted octanol–water partition coefficient (Wildman–Crippen LogP) is 2.38. The molecule has 1 fully saturated rings. The molecule has 1 saturated heterocycles. The second-order valence-corrected chi connectivity index (χ2v) is 6.94. The van der Waals surface area contributed by atoms with Gasteiger partial charge in [0.2, 0.25) is 5.91 Å². The lowest BCUT2D eigenvalue weighted by Crippen LogP contribution is -2.56. The van der Waals surface area contributed by atoms with Crippen molar-refractivity contribution in [3.8, 4) is 0 Å². The van der Waals surface area contributed by atoms with Crippen molar-refractivity contribution in [2.75, 3.05) is 19.6 Å². The molecule has 0 spiro atoms. The van der Waals surface area contributed by atoms with Gasteiger partial charge in [0.1, 0.15) is 11.0 Å². The van der Waals surface area contributed by atoms with Crippen LogP contribution < -0.4 is 0 Å². The van der Waals surface area contributed by atoms with Crippen LogP contribution in [0.25, 0.3) is 11.0 Å². The van der Waals surface area contributed by atoms with E-state index in [1.54, 1.807) is 0 Å². The van der Waals surface area contributed by atoms with E-state index < -0.39 is 0 Å². The molecule has 1 aromatic carbocycles. The van der Waals surface area contributed by atoms with Gasteiger partial charge in [-0.2, -0.15) is 8.75 Å². The summed E-state index contributed by atoms with van der Waals surface area (Å²) in [6.45, 7) is 9.71. The van der Waals surface area contributed by atoms with E-state index in [1.807, 2.05) is 17.9 Å². The van der Waals surface area contributed by atoms with E-state index in [0.717, 1.165) is 37.2 Å². The molecule has 0 unspecified atom stereocenters. The number of hydrogen-bond donors (Lipinski definition) is 0. The van der Waals surface area contributed by atoms with Gasteiger partial charge in [0.05, 0.1) is 17.8 Å². The highest BCUT2D eigenvalue weighted by molar-refractivity contribution is 7.00. The molecular formula is C16H22N4OS. The van der Waals surface area contributed by atoms with Crippen LogP contribution in [0.2, 0.25) is 0 Å². The Balaban J connectivity index is 1.69. The van der Waals surface area contributed by atoms with E-state index in [-0.39, 0.29) is 11.9 Å². The molecule has 0 saturated carbocycles. The maximum absolute atomic E-state index is 12.5. The molecule has 22 heavy (non-hydrogen) atoms. The number of aromatic nitrogens is 2. The first-order chi connectivity index (χ1) is 10.5. The van der Waals surface area contributed by atoms with Gasteiger partial charge in [0.15, 0.2) is 0 Å². The molecule has 3 rings (SSSR count). The minimum absolute atomic E-state index is 0.0586. The van der Waals surface area contributed by atoms with Gasteiger partial charge in [-0.3, -0.25) is 9.69 Å². The summed E-state index contributed by atoms with van der Waals surface area (Å²) in [6.07, 6.45) is 0. The number of carbonyl (C=O) groups excluding carboxylic acids is 1. The lowest BCUT2D eigenvalue weighted by molar-refractivity contribution is -0.141. The third-order valence-corrected chi connectivity index (χ3v) is 4.72. The average Bonchev–Trinajstić information content (AvgIpc) is 2.94. The molecule has 1 atom stereocenters. The molecule has 6 heteroatoms. The van der Waals surface area contributed by atoms with Gasteiger partial charge in [0, 0.05) is 26.2 Å². The second kappa shape index (κ2) is 6.30. The average molecular weight is 318 g/mol. The van der Waals surface area contributed by atoms with Crippen LogP contribution in [0.3, 0.4) is 0 Å². The zero-order chi connectivity index (χ0) is 15.7. The summed E-state index contributed by atoms with van der Waals surface area (Å²) in [5.41, 5.74) is 3.08. The molecule has 1 aliphatic rings. The van der Waals surface area contributed by atoms with Crippen molar-refractivity contribution >= 4 is 28.7 Å². The molecule has 118 valence electrons. The first kappa shape index (κ1) is 15.4. The van der Waals surface area contributed by atoms with Crippen molar-refractivity contribution < 1.29 is 4.79 Å². The quantitative estimate of drug-likeness (QED) is 0.868. The van der Waals surface area contributed by atoms with Gasteiger partial charge in [-0.15, -0.1) is 0 Å². The summed E-state index contributed by atoms with van der Waals surface area (Å²) < 4.78 is 8.52. The molecule has 0 N–H and O–H groups in total. The van der Waals surface area contributed by atoms with Crippen molar-refractivity contribution in [1.29, 1.82) is 0 Å². The normalized spacial score (nSPS) is 20.3. The summed E-state index contributed by atoms with van der Waals surface area (Å²) in [6, 6.07) is 6.12. The summed E-state index contributed by atoms with van der Waals surface area (Å²) in [4.78, 5) is 16.7. The first-order valence-corrected chi connectivity index (χ1v) is 8.51. The molecule has 2 aromatic rings. The summed E-state index contributed by atoms with van der Waals surface area (Å²) in [5, 5.41) is 0. The fourth-order valence-electron chi connectivity index (χ4n) is 2.97. The number of amides is 1. The molecule has 0 aliphatic carbocycles. The van der Waals surface area contributed by atoms with Crippen LogP contribution in [0.5, 0.6) is 0 Å². The zero-order valence-electron chi connectivity index (χ0n) is 13.3. The molecule has 2 heterocycles. The van der Waals surface area contributed by atoms with Gasteiger partial charge in [-0.05, 0) is 30.5 Å². The van der Waals surface area contributed by atoms with Gasteiger partial charge < -0.3 is 4.90 Å². The van der Waals surface area contributed by atoms with Gasteiger partial charge in [-0.25, -0.2) is 0 Å². The van der Waals surface area contributed by atoms with E-state index in [1.165, 1.54) is 17.3 Å².